The maximum Gasteiger partial charge on any atom is 0.0708 e. The molecule has 0 saturated heterocycles. The van der Waals surface area contributed by atoms with E-state index in [0.717, 1.165) is 0 Å². The lowest BCUT2D eigenvalue weighted by atomic mass is 10.2. The van der Waals surface area contributed by atoms with Crippen LogP contribution >= 0.6 is 9.24 Å². The average molecular weight is 178 g/mol. The highest BCUT2D eigenvalue weighted by Crippen LogP contribution is 2.06. The van der Waals surface area contributed by atoms with Crippen LogP contribution in [0.5, 0.6) is 0 Å². The minimum atomic E-state index is -0.0481. The van der Waals surface area contributed by atoms with E-state index in [1.165, 1.54) is 0 Å². The summed E-state index contributed by atoms with van der Waals surface area (Å²) in [6, 6.07) is 0. The molecule has 0 bridgehead atoms. The van der Waals surface area contributed by atoms with E-state index in [-0.39, 0.29) is 11.4 Å². The maximum atomic E-state index is 5.45. The van der Waals surface area contributed by atoms with Crippen molar-refractivity contribution in [1.29, 1.82) is 0 Å². The molecule has 0 amide bonds. The normalized spacial score (nSPS) is 15.0. The molecule has 0 N–H and O–H groups in total. The molecule has 68 valence electrons. The van der Waals surface area contributed by atoms with Crippen molar-refractivity contribution in [2.24, 2.45) is 0 Å². The van der Waals surface area contributed by atoms with Gasteiger partial charge < -0.3 is 9.47 Å². The first-order valence-corrected chi connectivity index (χ1v) is 4.59. The molecule has 0 aromatic carbocycles. The second kappa shape index (κ2) is 5.08. The standard InChI is InChI=1S/C8H19O2P/c1-7(11)9-5-6-10-8(2,3)4/h7H,5-6,11H2,1-4H3. The van der Waals surface area contributed by atoms with Gasteiger partial charge in [-0.2, -0.15) is 0 Å². The van der Waals surface area contributed by atoms with Crippen molar-refractivity contribution in [3.8, 4) is 0 Å². The fraction of sp³-hybridized carbons (Fsp3) is 1.00. The van der Waals surface area contributed by atoms with Crippen molar-refractivity contribution in [3.63, 3.8) is 0 Å². The first kappa shape index (κ1) is 11.4. The smallest absolute Gasteiger partial charge is 0.0708 e. The molecule has 11 heavy (non-hydrogen) atoms. The fourth-order valence-corrected chi connectivity index (χ4v) is 0.718. The van der Waals surface area contributed by atoms with E-state index >= 15 is 0 Å². The number of ether oxygens (including phenoxy) is 2. The quantitative estimate of drug-likeness (QED) is 0.484. The molecule has 0 aliphatic carbocycles. The molecule has 0 aromatic heterocycles. The summed E-state index contributed by atoms with van der Waals surface area (Å²) in [4.78, 5) is 0. The lowest BCUT2D eigenvalue weighted by molar-refractivity contribution is -0.0370. The van der Waals surface area contributed by atoms with Crippen molar-refractivity contribution >= 4 is 9.24 Å². The maximum absolute atomic E-state index is 5.45. The summed E-state index contributed by atoms with van der Waals surface area (Å²) in [5.74, 6) is 0.221. The van der Waals surface area contributed by atoms with Crippen molar-refractivity contribution in [1.82, 2.24) is 0 Å². The Labute approximate surface area is 71.9 Å². The molecule has 2 nitrogen and oxygen atoms in total. The Morgan fingerprint density at radius 3 is 2.18 bits per heavy atom. The van der Waals surface area contributed by atoms with Crippen LogP contribution in [0.3, 0.4) is 0 Å². The second-order valence-electron chi connectivity index (χ2n) is 3.54. The average Bonchev–Trinajstić information content (AvgIpc) is 1.78. The first-order valence-electron chi connectivity index (χ1n) is 3.93. The molecule has 0 heterocycles. The van der Waals surface area contributed by atoms with Crippen molar-refractivity contribution in [2.75, 3.05) is 13.2 Å². The monoisotopic (exact) mass is 178 g/mol. The van der Waals surface area contributed by atoms with Gasteiger partial charge in [0.05, 0.1) is 24.7 Å². The van der Waals surface area contributed by atoms with Crippen molar-refractivity contribution in [2.45, 2.75) is 39.1 Å². The molecule has 3 heteroatoms. The van der Waals surface area contributed by atoms with Gasteiger partial charge in [-0.25, -0.2) is 0 Å². The Hall–Kier alpha value is 0.350. The number of hydrogen-bond acceptors (Lipinski definition) is 2. The summed E-state index contributed by atoms with van der Waals surface area (Å²) in [6.45, 7) is 9.44. The zero-order valence-corrected chi connectivity index (χ0v) is 9.04. The summed E-state index contributed by atoms with van der Waals surface area (Å²) in [5, 5.41) is 0. The lowest BCUT2D eigenvalue weighted by Gasteiger charge is -2.19. The summed E-state index contributed by atoms with van der Waals surface area (Å²) in [5.41, 5.74) is -0.0481. The van der Waals surface area contributed by atoms with Crippen LogP contribution in [0.2, 0.25) is 0 Å². The van der Waals surface area contributed by atoms with Crippen LogP contribution in [0.25, 0.3) is 0 Å². The van der Waals surface area contributed by atoms with E-state index in [9.17, 15) is 0 Å². The third-order valence-corrected chi connectivity index (χ3v) is 1.19. The predicted molar refractivity (Wildman–Crippen MR) is 50.8 cm³/mol. The van der Waals surface area contributed by atoms with Crippen molar-refractivity contribution in [3.05, 3.63) is 0 Å². The van der Waals surface area contributed by atoms with E-state index in [0.29, 0.717) is 13.2 Å². The molecule has 0 aliphatic rings. The summed E-state index contributed by atoms with van der Waals surface area (Å²) >= 11 is 0. The van der Waals surface area contributed by atoms with Gasteiger partial charge in [-0.05, 0) is 27.7 Å². The van der Waals surface area contributed by atoms with Crippen LogP contribution in [0.15, 0.2) is 0 Å². The fourth-order valence-electron chi connectivity index (χ4n) is 0.582. The number of rotatable bonds is 4. The van der Waals surface area contributed by atoms with E-state index < -0.39 is 0 Å². The first-order chi connectivity index (χ1) is 4.92. The van der Waals surface area contributed by atoms with E-state index in [4.69, 9.17) is 9.47 Å². The minimum Gasteiger partial charge on any atom is -0.373 e. The minimum absolute atomic E-state index is 0.0481. The van der Waals surface area contributed by atoms with Crippen LogP contribution in [-0.2, 0) is 9.47 Å². The molecule has 0 rings (SSSR count). The highest BCUT2D eigenvalue weighted by Gasteiger charge is 2.08. The molecule has 0 aliphatic heterocycles. The topological polar surface area (TPSA) is 18.5 Å². The summed E-state index contributed by atoms with van der Waals surface area (Å²) in [6.07, 6.45) is 0. The highest BCUT2D eigenvalue weighted by atomic mass is 31.0. The van der Waals surface area contributed by atoms with Crippen LogP contribution < -0.4 is 0 Å². The Morgan fingerprint density at radius 2 is 1.82 bits per heavy atom. The van der Waals surface area contributed by atoms with Crippen LogP contribution in [0.4, 0.5) is 0 Å². The molecule has 0 fully saturated rings. The lowest BCUT2D eigenvalue weighted by Crippen LogP contribution is -2.22. The highest BCUT2D eigenvalue weighted by molar-refractivity contribution is 7.17. The van der Waals surface area contributed by atoms with Crippen LogP contribution in [0, 0.1) is 0 Å². The van der Waals surface area contributed by atoms with Gasteiger partial charge >= 0.3 is 0 Å². The zero-order valence-electron chi connectivity index (χ0n) is 7.89. The molecule has 2 atom stereocenters. The third-order valence-electron chi connectivity index (χ3n) is 0.999. The Morgan fingerprint density at radius 1 is 1.27 bits per heavy atom. The van der Waals surface area contributed by atoms with Gasteiger partial charge in [-0.1, -0.05) is 0 Å². The van der Waals surface area contributed by atoms with Gasteiger partial charge in [-0.15, -0.1) is 9.24 Å². The van der Waals surface area contributed by atoms with Gasteiger partial charge in [0.1, 0.15) is 0 Å². The molecular weight excluding hydrogens is 159 g/mol. The zero-order chi connectivity index (χ0) is 8.91. The molecular formula is C8H19O2P. The Kier molecular flexibility index (Phi) is 5.24. The molecule has 2 unspecified atom stereocenters. The Bertz CT molecular complexity index is 96.8. The SMILES string of the molecule is CC(P)OCCOC(C)(C)C. The van der Waals surface area contributed by atoms with Gasteiger partial charge in [0.15, 0.2) is 0 Å². The summed E-state index contributed by atoms with van der Waals surface area (Å²) < 4.78 is 10.7. The van der Waals surface area contributed by atoms with Crippen molar-refractivity contribution < 1.29 is 9.47 Å². The van der Waals surface area contributed by atoms with Gasteiger partial charge in [0, 0.05) is 0 Å². The predicted octanol–water partition coefficient (Wildman–Crippen LogP) is 2.04. The van der Waals surface area contributed by atoms with Gasteiger partial charge in [0.2, 0.25) is 0 Å². The van der Waals surface area contributed by atoms with Crippen LogP contribution in [-0.4, -0.2) is 24.7 Å². The Balaban J connectivity index is 3.15. The van der Waals surface area contributed by atoms with Gasteiger partial charge in [0.25, 0.3) is 0 Å². The summed E-state index contributed by atoms with van der Waals surface area (Å²) in [7, 11) is 2.58. The third kappa shape index (κ3) is 10.4. The molecule has 0 saturated carbocycles. The molecule has 0 spiro atoms. The van der Waals surface area contributed by atoms with E-state index in [2.05, 4.69) is 9.24 Å². The molecule has 0 radical (unpaired) electrons. The van der Waals surface area contributed by atoms with Gasteiger partial charge in [-0.3, -0.25) is 0 Å². The van der Waals surface area contributed by atoms with E-state index in [1.54, 1.807) is 0 Å². The number of hydrogen-bond donors (Lipinski definition) is 0. The molecule has 0 aromatic rings. The largest absolute Gasteiger partial charge is 0.373 e. The van der Waals surface area contributed by atoms with E-state index in [1.807, 2.05) is 27.7 Å². The second-order valence-corrected chi connectivity index (χ2v) is 4.48. The van der Waals surface area contributed by atoms with Crippen LogP contribution in [0.1, 0.15) is 27.7 Å².